The van der Waals surface area contributed by atoms with Crippen molar-refractivity contribution in [1.29, 1.82) is 0 Å². The van der Waals surface area contributed by atoms with Gasteiger partial charge in [-0.2, -0.15) is 5.10 Å². The third-order valence-corrected chi connectivity index (χ3v) is 5.11. The molecule has 1 amide bonds. The van der Waals surface area contributed by atoms with E-state index in [2.05, 4.69) is 10.4 Å². The smallest absolute Gasteiger partial charge is 0.317 e. The molecule has 0 spiro atoms. The Balaban J connectivity index is 1.89. The summed E-state index contributed by atoms with van der Waals surface area (Å²) in [7, 11) is 1.88. The van der Waals surface area contributed by atoms with Gasteiger partial charge in [0.2, 0.25) is 5.91 Å². The molecule has 0 aromatic carbocycles. The van der Waals surface area contributed by atoms with Crippen LogP contribution in [-0.4, -0.2) is 56.8 Å². The molecule has 1 heterocycles. The molecule has 134 valence electrons. The van der Waals surface area contributed by atoms with Crippen molar-refractivity contribution < 1.29 is 14.7 Å². The molecule has 1 aliphatic carbocycles. The fourth-order valence-corrected chi connectivity index (χ4v) is 3.55. The molecule has 1 aromatic rings. The minimum Gasteiger partial charge on any atom is -0.480 e. The summed E-state index contributed by atoms with van der Waals surface area (Å²) < 4.78 is 1.80. The van der Waals surface area contributed by atoms with Crippen molar-refractivity contribution in [3.8, 4) is 0 Å². The number of hydrogen-bond donors (Lipinski definition) is 2. The summed E-state index contributed by atoms with van der Waals surface area (Å²) in [4.78, 5) is 25.3. The minimum atomic E-state index is -0.805. The number of carboxylic acids is 1. The Morgan fingerprint density at radius 3 is 2.50 bits per heavy atom. The second kappa shape index (κ2) is 7.34. The number of amides is 1. The summed E-state index contributed by atoms with van der Waals surface area (Å²) in [5.74, 6) is -1.03. The van der Waals surface area contributed by atoms with Crippen LogP contribution in [0.3, 0.4) is 0 Å². The van der Waals surface area contributed by atoms with Gasteiger partial charge in [-0.05, 0) is 40.2 Å². The quantitative estimate of drug-likeness (QED) is 0.781. The fourth-order valence-electron chi connectivity index (χ4n) is 3.55. The number of likely N-dealkylation sites (N-methyl/N-ethyl adjacent to an activating group) is 1. The van der Waals surface area contributed by atoms with Crippen molar-refractivity contribution in [2.75, 3.05) is 13.1 Å². The van der Waals surface area contributed by atoms with Gasteiger partial charge in [-0.25, -0.2) is 0 Å². The first-order valence-electron chi connectivity index (χ1n) is 8.50. The largest absolute Gasteiger partial charge is 0.480 e. The lowest BCUT2D eigenvalue weighted by Gasteiger charge is -2.42. The molecule has 1 unspecified atom stereocenters. The standard InChI is InChI=1S/C17H28N4O3/c1-6-21(9-15(22)23)14-7-13(8-14)18-17(24)10(2)16-11(3)19-20(5)12(16)4/h10,13-14H,6-9H2,1-5H3,(H,18,24)(H,22,23). The van der Waals surface area contributed by atoms with Gasteiger partial charge in [-0.3, -0.25) is 19.2 Å². The highest BCUT2D eigenvalue weighted by Crippen LogP contribution is 2.28. The monoisotopic (exact) mass is 336 g/mol. The van der Waals surface area contributed by atoms with Crippen molar-refractivity contribution in [3.63, 3.8) is 0 Å². The number of carbonyl (C=O) groups excluding carboxylic acids is 1. The van der Waals surface area contributed by atoms with Crippen LogP contribution in [0.5, 0.6) is 0 Å². The molecule has 2 N–H and O–H groups in total. The van der Waals surface area contributed by atoms with Crippen molar-refractivity contribution in [3.05, 3.63) is 17.0 Å². The number of carbonyl (C=O) groups is 2. The maximum atomic E-state index is 12.5. The zero-order chi connectivity index (χ0) is 18.0. The van der Waals surface area contributed by atoms with Crippen molar-refractivity contribution >= 4 is 11.9 Å². The van der Waals surface area contributed by atoms with E-state index in [-0.39, 0.29) is 30.5 Å². The molecule has 1 aromatic heterocycles. The van der Waals surface area contributed by atoms with Crippen LogP contribution >= 0.6 is 0 Å². The van der Waals surface area contributed by atoms with Crippen LogP contribution in [0, 0.1) is 13.8 Å². The van der Waals surface area contributed by atoms with Crippen molar-refractivity contribution in [2.45, 2.75) is 58.5 Å². The van der Waals surface area contributed by atoms with Crippen molar-refractivity contribution in [2.24, 2.45) is 7.05 Å². The van der Waals surface area contributed by atoms with E-state index >= 15 is 0 Å². The van der Waals surface area contributed by atoms with Crippen LogP contribution in [0.15, 0.2) is 0 Å². The SMILES string of the molecule is CCN(CC(=O)O)C1CC(NC(=O)C(C)c2c(C)nn(C)c2C)C1. The number of aryl methyl sites for hydroxylation is 2. The molecule has 24 heavy (non-hydrogen) atoms. The van der Waals surface area contributed by atoms with Gasteiger partial charge in [0.25, 0.3) is 0 Å². The van der Waals surface area contributed by atoms with E-state index in [1.54, 1.807) is 4.68 Å². The Bertz CT molecular complexity index is 620. The summed E-state index contributed by atoms with van der Waals surface area (Å²) in [6.07, 6.45) is 1.62. The number of hydrogen-bond acceptors (Lipinski definition) is 4. The van der Waals surface area contributed by atoms with Crippen LogP contribution in [0.25, 0.3) is 0 Å². The van der Waals surface area contributed by atoms with Crippen LogP contribution in [0.1, 0.15) is 49.6 Å². The topological polar surface area (TPSA) is 87.5 Å². The van der Waals surface area contributed by atoms with Gasteiger partial charge in [0.1, 0.15) is 0 Å². The first-order chi connectivity index (χ1) is 11.2. The first kappa shape index (κ1) is 18.4. The van der Waals surface area contributed by atoms with Crippen LogP contribution < -0.4 is 5.32 Å². The number of aromatic nitrogens is 2. The van der Waals surface area contributed by atoms with Crippen LogP contribution in [0.2, 0.25) is 0 Å². The zero-order valence-corrected chi connectivity index (χ0v) is 15.2. The van der Waals surface area contributed by atoms with Gasteiger partial charge in [0.05, 0.1) is 18.2 Å². The van der Waals surface area contributed by atoms with Gasteiger partial charge >= 0.3 is 5.97 Å². The van der Waals surface area contributed by atoms with E-state index in [1.165, 1.54) is 0 Å². The molecule has 7 heteroatoms. The molecule has 7 nitrogen and oxygen atoms in total. The van der Waals surface area contributed by atoms with Gasteiger partial charge in [0.15, 0.2) is 0 Å². The van der Waals surface area contributed by atoms with Crippen molar-refractivity contribution in [1.82, 2.24) is 20.0 Å². The van der Waals surface area contributed by atoms with Gasteiger partial charge < -0.3 is 10.4 Å². The Hall–Kier alpha value is -1.89. The lowest BCUT2D eigenvalue weighted by Crippen LogP contribution is -2.55. The normalized spacial score (nSPS) is 21.4. The van der Waals surface area contributed by atoms with E-state index in [9.17, 15) is 9.59 Å². The second-order valence-corrected chi connectivity index (χ2v) is 6.72. The maximum Gasteiger partial charge on any atom is 0.317 e. The molecule has 0 aliphatic heterocycles. The Labute approximate surface area is 143 Å². The number of rotatable bonds is 7. The van der Waals surface area contributed by atoms with Gasteiger partial charge in [0, 0.05) is 30.4 Å². The third-order valence-electron chi connectivity index (χ3n) is 5.11. The van der Waals surface area contributed by atoms with E-state index in [1.807, 2.05) is 39.6 Å². The minimum absolute atomic E-state index is 0.0129. The number of nitrogens with zero attached hydrogens (tertiary/aromatic N) is 3. The molecule has 0 bridgehead atoms. The summed E-state index contributed by atoms with van der Waals surface area (Å²) in [6.45, 7) is 8.55. The van der Waals surface area contributed by atoms with E-state index < -0.39 is 5.97 Å². The van der Waals surface area contributed by atoms with E-state index in [0.29, 0.717) is 6.54 Å². The summed E-state index contributed by atoms with van der Waals surface area (Å²) in [5.41, 5.74) is 2.90. The highest BCUT2D eigenvalue weighted by Gasteiger charge is 2.35. The Morgan fingerprint density at radius 1 is 1.42 bits per heavy atom. The van der Waals surface area contributed by atoms with Gasteiger partial charge in [-0.15, -0.1) is 0 Å². The maximum absolute atomic E-state index is 12.5. The number of aliphatic carboxylic acids is 1. The number of nitrogens with one attached hydrogen (secondary N) is 1. The van der Waals surface area contributed by atoms with Crippen LogP contribution in [-0.2, 0) is 16.6 Å². The van der Waals surface area contributed by atoms with E-state index in [0.717, 1.165) is 29.8 Å². The molecule has 0 saturated heterocycles. The third kappa shape index (κ3) is 3.77. The summed E-state index contributed by atoms with van der Waals surface area (Å²) in [5, 5.41) is 16.4. The summed E-state index contributed by atoms with van der Waals surface area (Å²) in [6, 6.07) is 0.374. The predicted molar refractivity (Wildman–Crippen MR) is 90.9 cm³/mol. The van der Waals surface area contributed by atoms with E-state index in [4.69, 9.17) is 5.11 Å². The molecule has 2 rings (SSSR count). The van der Waals surface area contributed by atoms with Crippen LogP contribution in [0.4, 0.5) is 0 Å². The Kier molecular flexibility index (Phi) is 5.64. The molecule has 1 fully saturated rings. The average Bonchev–Trinajstić information content (AvgIpc) is 2.72. The Morgan fingerprint density at radius 2 is 2.04 bits per heavy atom. The fraction of sp³-hybridized carbons (Fsp3) is 0.706. The lowest BCUT2D eigenvalue weighted by molar-refractivity contribution is -0.139. The molecule has 1 atom stereocenters. The summed E-state index contributed by atoms with van der Waals surface area (Å²) >= 11 is 0. The highest BCUT2D eigenvalue weighted by molar-refractivity contribution is 5.84. The predicted octanol–water partition coefficient (Wildman–Crippen LogP) is 1.19. The number of carboxylic acid groups (broad SMARTS) is 1. The molecule has 1 aliphatic rings. The molecule has 0 radical (unpaired) electrons. The highest BCUT2D eigenvalue weighted by atomic mass is 16.4. The molecular weight excluding hydrogens is 308 g/mol. The zero-order valence-electron chi connectivity index (χ0n) is 15.2. The first-order valence-corrected chi connectivity index (χ1v) is 8.50. The average molecular weight is 336 g/mol. The van der Waals surface area contributed by atoms with Gasteiger partial charge in [-0.1, -0.05) is 6.92 Å². The molecule has 1 saturated carbocycles. The molecular formula is C17H28N4O3. The lowest BCUT2D eigenvalue weighted by atomic mass is 9.84. The second-order valence-electron chi connectivity index (χ2n) is 6.72.